The molecule has 0 unspecified atom stereocenters. The maximum absolute atomic E-state index is 14.7. The third-order valence-electron chi connectivity index (χ3n) is 7.43. The quantitative estimate of drug-likeness (QED) is 0.439. The topological polar surface area (TPSA) is 64.8 Å². The second-order valence-electron chi connectivity index (χ2n) is 9.95. The van der Waals surface area contributed by atoms with E-state index in [9.17, 15) is 9.18 Å². The number of hydrogen-bond donors (Lipinski definition) is 1. The van der Waals surface area contributed by atoms with Gasteiger partial charge >= 0.3 is 0 Å². The van der Waals surface area contributed by atoms with Gasteiger partial charge in [0.05, 0.1) is 6.10 Å². The number of piperidine rings is 1. The Morgan fingerprint density at radius 3 is 2.67 bits per heavy atom. The first-order chi connectivity index (χ1) is 16.1. The number of hydrogen-bond acceptors (Lipinski definition) is 4. The molecule has 1 heterocycles. The van der Waals surface area contributed by atoms with Crippen LogP contribution in [0.5, 0.6) is 0 Å². The summed E-state index contributed by atoms with van der Waals surface area (Å²) in [5.74, 6) is 1.01. The molecule has 0 aromatic heterocycles. The number of likely N-dealkylation sites (tertiary alicyclic amines) is 1. The largest absolute Gasteiger partial charge is 0.385 e. The van der Waals surface area contributed by atoms with Crippen LogP contribution >= 0.6 is 0 Å². The van der Waals surface area contributed by atoms with Gasteiger partial charge in [-0.25, -0.2) is 4.39 Å². The third-order valence-corrected chi connectivity index (χ3v) is 7.43. The molecule has 2 fully saturated rings. The maximum Gasteiger partial charge on any atom is 0.222 e. The van der Waals surface area contributed by atoms with E-state index in [0.717, 1.165) is 38.1 Å². The number of amides is 1. The molecular formula is C27H43FN2O3. The Morgan fingerprint density at radius 1 is 1.15 bits per heavy atom. The summed E-state index contributed by atoms with van der Waals surface area (Å²) in [5, 5.41) is 0. The Bertz CT molecular complexity index is 710. The molecule has 1 aromatic carbocycles. The molecule has 1 saturated heterocycles. The van der Waals surface area contributed by atoms with Crippen molar-refractivity contribution < 1.29 is 18.7 Å². The van der Waals surface area contributed by atoms with E-state index < -0.39 is 0 Å². The van der Waals surface area contributed by atoms with Gasteiger partial charge in [-0.05, 0) is 50.1 Å². The van der Waals surface area contributed by atoms with Crippen LogP contribution in [0, 0.1) is 23.6 Å². The van der Waals surface area contributed by atoms with Gasteiger partial charge in [0.2, 0.25) is 5.91 Å². The summed E-state index contributed by atoms with van der Waals surface area (Å²) in [6.07, 6.45) is 10.4. The van der Waals surface area contributed by atoms with Crippen molar-refractivity contribution in [3.8, 4) is 0 Å². The SMILES string of the molecule is COCCCO[C@@H](c1ccccc1F)[C@@H]1CCCN(C(=O)C[C@H](CN)CC2CCCCC2)C1. The first-order valence-electron chi connectivity index (χ1n) is 12.9. The lowest BCUT2D eigenvalue weighted by molar-refractivity contribution is -0.135. The van der Waals surface area contributed by atoms with Gasteiger partial charge in [-0.3, -0.25) is 4.79 Å². The van der Waals surface area contributed by atoms with Crippen LogP contribution in [0.3, 0.4) is 0 Å². The van der Waals surface area contributed by atoms with Crippen LogP contribution in [0.2, 0.25) is 0 Å². The van der Waals surface area contributed by atoms with E-state index in [1.807, 2.05) is 17.0 Å². The van der Waals surface area contributed by atoms with Crippen LogP contribution in [0.25, 0.3) is 0 Å². The molecule has 3 atom stereocenters. The van der Waals surface area contributed by atoms with Gasteiger partial charge in [0.25, 0.3) is 0 Å². The standard InChI is InChI=1S/C27H43FN2O3/c1-32-15-8-16-33-27(24-12-5-6-13-25(24)28)23-11-7-14-30(20-23)26(31)18-22(19-29)17-21-9-3-2-4-10-21/h5-6,12-13,21-23,27H,2-4,7-11,14-20,29H2,1H3/t22-,23-,27-/m1/s1. The predicted molar refractivity (Wildman–Crippen MR) is 129 cm³/mol. The zero-order chi connectivity index (χ0) is 23.5. The Kier molecular flexibility index (Phi) is 11.1. The van der Waals surface area contributed by atoms with Gasteiger partial charge in [-0.15, -0.1) is 0 Å². The number of carbonyl (C=O) groups excluding carboxylic acids is 1. The summed E-state index contributed by atoms with van der Waals surface area (Å²) in [7, 11) is 1.67. The zero-order valence-electron chi connectivity index (χ0n) is 20.4. The molecule has 2 N–H and O–H groups in total. The Hall–Kier alpha value is -1.50. The van der Waals surface area contributed by atoms with E-state index in [1.54, 1.807) is 13.2 Å². The summed E-state index contributed by atoms with van der Waals surface area (Å²) in [6.45, 7) is 3.07. The van der Waals surface area contributed by atoms with Crippen molar-refractivity contribution in [2.24, 2.45) is 23.5 Å². The van der Waals surface area contributed by atoms with Crippen molar-refractivity contribution in [2.45, 2.75) is 70.3 Å². The van der Waals surface area contributed by atoms with Crippen LogP contribution in [-0.2, 0) is 14.3 Å². The molecule has 0 bridgehead atoms. The summed E-state index contributed by atoms with van der Waals surface area (Å²) in [6, 6.07) is 6.86. The normalized spacial score (nSPS) is 21.7. The molecule has 1 aliphatic carbocycles. The first kappa shape index (κ1) is 26.1. The van der Waals surface area contributed by atoms with Crippen molar-refractivity contribution in [3.63, 3.8) is 0 Å². The Balaban J connectivity index is 1.61. The number of nitrogens with two attached hydrogens (primary N) is 1. The van der Waals surface area contributed by atoms with Gasteiger partial charge in [-0.2, -0.15) is 0 Å². The van der Waals surface area contributed by atoms with E-state index >= 15 is 0 Å². The number of nitrogens with zero attached hydrogens (tertiary/aromatic N) is 1. The van der Waals surface area contributed by atoms with E-state index in [0.29, 0.717) is 38.3 Å². The lowest BCUT2D eigenvalue weighted by Gasteiger charge is -2.38. The lowest BCUT2D eigenvalue weighted by atomic mass is 9.81. The highest BCUT2D eigenvalue weighted by Crippen LogP contribution is 2.35. The molecule has 0 spiro atoms. The molecule has 33 heavy (non-hydrogen) atoms. The second kappa shape index (κ2) is 14.0. The van der Waals surface area contributed by atoms with Crippen LogP contribution in [-0.4, -0.2) is 50.8 Å². The molecule has 0 radical (unpaired) electrons. The van der Waals surface area contributed by atoms with E-state index in [2.05, 4.69) is 0 Å². The fourth-order valence-corrected chi connectivity index (χ4v) is 5.62. The minimum Gasteiger partial charge on any atom is -0.385 e. The average Bonchev–Trinajstić information content (AvgIpc) is 2.85. The molecule has 6 heteroatoms. The van der Waals surface area contributed by atoms with Crippen molar-refractivity contribution >= 4 is 5.91 Å². The van der Waals surface area contributed by atoms with Gasteiger partial charge in [0, 0.05) is 51.3 Å². The summed E-state index contributed by atoms with van der Waals surface area (Å²) < 4.78 is 26.0. The molecule has 1 aromatic rings. The smallest absolute Gasteiger partial charge is 0.222 e. The molecular weight excluding hydrogens is 419 g/mol. The van der Waals surface area contributed by atoms with Crippen LogP contribution in [0.1, 0.15) is 75.9 Å². The average molecular weight is 463 g/mol. The number of methoxy groups -OCH3 is 1. The second-order valence-corrected chi connectivity index (χ2v) is 9.95. The Morgan fingerprint density at radius 2 is 1.94 bits per heavy atom. The minimum atomic E-state index is -0.355. The number of rotatable bonds is 12. The number of benzene rings is 1. The summed E-state index contributed by atoms with van der Waals surface area (Å²) in [4.78, 5) is 15.2. The summed E-state index contributed by atoms with van der Waals surface area (Å²) >= 11 is 0. The molecule has 1 amide bonds. The van der Waals surface area contributed by atoms with Crippen LogP contribution in [0.4, 0.5) is 4.39 Å². The van der Waals surface area contributed by atoms with Crippen molar-refractivity contribution in [1.82, 2.24) is 4.90 Å². The molecule has 3 rings (SSSR count). The Labute approximate surface area is 199 Å². The fraction of sp³-hybridized carbons (Fsp3) is 0.741. The summed E-state index contributed by atoms with van der Waals surface area (Å²) in [5.41, 5.74) is 6.66. The van der Waals surface area contributed by atoms with Gasteiger partial charge in [-0.1, -0.05) is 50.3 Å². The molecule has 186 valence electrons. The van der Waals surface area contributed by atoms with E-state index in [4.69, 9.17) is 15.2 Å². The predicted octanol–water partition coefficient (Wildman–Crippen LogP) is 5.09. The van der Waals surface area contributed by atoms with Crippen molar-refractivity contribution in [3.05, 3.63) is 35.6 Å². The molecule has 5 nitrogen and oxygen atoms in total. The van der Waals surface area contributed by atoms with Crippen LogP contribution < -0.4 is 5.73 Å². The highest BCUT2D eigenvalue weighted by Gasteiger charge is 2.33. The number of carbonyl (C=O) groups is 1. The highest BCUT2D eigenvalue weighted by atomic mass is 19.1. The van der Waals surface area contributed by atoms with Crippen molar-refractivity contribution in [1.29, 1.82) is 0 Å². The van der Waals surface area contributed by atoms with Crippen molar-refractivity contribution in [2.75, 3.05) is 40.0 Å². The lowest BCUT2D eigenvalue weighted by Crippen LogP contribution is -2.43. The fourth-order valence-electron chi connectivity index (χ4n) is 5.62. The zero-order valence-corrected chi connectivity index (χ0v) is 20.4. The monoisotopic (exact) mass is 462 g/mol. The van der Waals surface area contributed by atoms with Gasteiger partial charge in [0.15, 0.2) is 0 Å². The molecule has 1 aliphatic heterocycles. The maximum atomic E-state index is 14.7. The number of halogens is 1. The molecule has 2 aliphatic rings. The van der Waals surface area contributed by atoms with Gasteiger partial charge < -0.3 is 20.1 Å². The van der Waals surface area contributed by atoms with Crippen LogP contribution in [0.15, 0.2) is 24.3 Å². The minimum absolute atomic E-state index is 0.0804. The molecule has 1 saturated carbocycles. The third kappa shape index (κ3) is 8.04. The van der Waals surface area contributed by atoms with E-state index in [-0.39, 0.29) is 29.7 Å². The highest BCUT2D eigenvalue weighted by molar-refractivity contribution is 5.76. The van der Waals surface area contributed by atoms with Gasteiger partial charge in [0.1, 0.15) is 5.82 Å². The van der Waals surface area contributed by atoms with E-state index in [1.165, 1.54) is 38.2 Å². The number of ether oxygens (including phenoxy) is 2. The first-order valence-corrected chi connectivity index (χ1v) is 12.9.